The molecule has 0 atom stereocenters. The van der Waals surface area contributed by atoms with E-state index in [1.807, 2.05) is 0 Å². The van der Waals surface area contributed by atoms with Gasteiger partial charge in [0.05, 0.1) is 10.8 Å². The molecule has 9 heteroatoms. The van der Waals surface area contributed by atoms with Crippen molar-refractivity contribution in [3.63, 3.8) is 0 Å². The van der Waals surface area contributed by atoms with Gasteiger partial charge in [-0.1, -0.05) is 46.6 Å². The minimum Gasteiger partial charge on any atom is -0.355 e. The average Bonchev–Trinajstić information content (AvgIpc) is 3.03. The first-order valence-electron chi connectivity index (χ1n) is 8.78. The van der Waals surface area contributed by atoms with Crippen LogP contribution in [0.1, 0.15) is 32.1 Å². The first-order chi connectivity index (χ1) is 13.0. The average molecular weight is 426 g/mol. The van der Waals surface area contributed by atoms with Crippen molar-refractivity contribution in [2.45, 2.75) is 37.3 Å². The molecule has 1 amide bonds. The lowest BCUT2D eigenvalue weighted by molar-refractivity contribution is -0.118. The highest BCUT2D eigenvalue weighted by molar-refractivity contribution is 7.99. The van der Waals surface area contributed by atoms with E-state index in [0.29, 0.717) is 33.1 Å². The molecule has 0 spiro atoms. The van der Waals surface area contributed by atoms with Gasteiger partial charge in [-0.15, -0.1) is 10.2 Å². The van der Waals surface area contributed by atoms with Crippen LogP contribution in [0.25, 0.3) is 11.4 Å². The van der Waals surface area contributed by atoms with Gasteiger partial charge < -0.3 is 11.2 Å². The molecule has 27 heavy (non-hydrogen) atoms. The zero-order chi connectivity index (χ0) is 19.2. The second-order valence-corrected chi connectivity index (χ2v) is 8.08. The molecule has 1 aromatic heterocycles. The predicted octanol–water partition coefficient (Wildman–Crippen LogP) is 4.06. The first-order valence-corrected chi connectivity index (χ1v) is 10.5. The summed E-state index contributed by atoms with van der Waals surface area (Å²) in [5.41, 5.74) is 2.04. The third-order valence-electron chi connectivity index (χ3n) is 4.32. The number of rotatable bonds is 7. The molecule has 1 heterocycles. The number of halogens is 2. The van der Waals surface area contributed by atoms with Crippen molar-refractivity contribution in [3.05, 3.63) is 39.9 Å². The smallest absolute Gasteiger partial charge is 0.230 e. The summed E-state index contributed by atoms with van der Waals surface area (Å²) in [6, 6.07) is 5.04. The SMILES string of the molecule is Nn1c(SCC(=O)NCCC2=CCCCC2)nnc1-c1cc(Cl)ccc1Cl. The molecule has 3 N–H and O–H groups in total. The molecule has 6 nitrogen and oxygen atoms in total. The number of carbonyl (C=O) groups is 1. The Morgan fingerprint density at radius 2 is 2.15 bits per heavy atom. The number of nitrogens with zero attached hydrogens (tertiary/aromatic N) is 3. The molecule has 0 unspecified atom stereocenters. The van der Waals surface area contributed by atoms with Crippen LogP contribution in [0.3, 0.4) is 0 Å². The molecule has 1 aromatic carbocycles. The van der Waals surface area contributed by atoms with Gasteiger partial charge in [0.15, 0.2) is 5.82 Å². The van der Waals surface area contributed by atoms with Crippen molar-refractivity contribution >= 4 is 40.9 Å². The van der Waals surface area contributed by atoms with Crippen LogP contribution in [0.15, 0.2) is 35.0 Å². The molecular weight excluding hydrogens is 405 g/mol. The molecule has 0 radical (unpaired) electrons. The summed E-state index contributed by atoms with van der Waals surface area (Å²) < 4.78 is 1.32. The van der Waals surface area contributed by atoms with E-state index in [0.717, 1.165) is 19.3 Å². The maximum absolute atomic E-state index is 12.1. The number of aromatic nitrogens is 3. The van der Waals surface area contributed by atoms with Gasteiger partial charge in [-0.2, -0.15) is 0 Å². The second-order valence-electron chi connectivity index (χ2n) is 6.30. The van der Waals surface area contributed by atoms with E-state index in [4.69, 9.17) is 29.0 Å². The number of amides is 1. The van der Waals surface area contributed by atoms with Crippen LogP contribution >= 0.6 is 35.0 Å². The van der Waals surface area contributed by atoms with Crippen LogP contribution < -0.4 is 11.2 Å². The van der Waals surface area contributed by atoms with Crippen molar-refractivity contribution in [2.75, 3.05) is 18.1 Å². The lowest BCUT2D eigenvalue weighted by Gasteiger charge is -2.12. The molecule has 0 saturated heterocycles. The Morgan fingerprint density at radius 3 is 2.93 bits per heavy atom. The van der Waals surface area contributed by atoms with Crippen LogP contribution in [-0.2, 0) is 4.79 Å². The lowest BCUT2D eigenvalue weighted by atomic mass is 9.97. The molecule has 0 saturated carbocycles. The number of hydrogen-bond donors (Lipinski definition) is 2. The predicted molar refractivity (Wildman–Crippen MR) is 111 cm³/mol. The van der Waals surface area contributed by atoms with Gasteiger partial charge in [-0.25, -0.2) is 4.68 Å². The second kappa shape index (κ2) is 9.48. The Balaban J connectivity index is 1.52. The number of carbonyl (C=O) groups excluding carboxylic acids is 1. The van der Waals surface area contributed by atoms with E-state index >= 15 is 0 Å². The van der Waals surface area contributed by atoms with Crippen molar-refractivity contribution in [1.82, 2.24) is 20.2 Å². The van der Waals surface area contributed by atoms with E-state index in [1.165, 1.54) is 34.9 Å². The summed E-state index contributed by atoms with van der Waals surface area (Å²) in [6.07, 6.45) is 8.04. The minimum absolute atomic E-state index is 0.0539. The monoisotopic (exact) mass is 425 g/mol. The van der Waals surface area contributed by atoms with Gasteiger partial charge >= 0.3 is 0 Å². The number of nitrogen functional groups attached to an aromatic ring is 1. The van der Waals surface area contributed by atoms with Gasteiger partial charge in [0.2, 0.25) is 11.1 Å². The number of nitrogens with two attached hydrogens (primary N) is 1. The molecule has 3 rings (SSSR count). The molecule has 0 fully saturated rings. The van der Waals surface area contributed by atoms with Gasteiger partial charge in [-0.05, 0) is 50.3 Å². The summed E-state index contributed by atoms with van der Waals surface area (Å²) in [4.78, 5) is 12.1. The van der Waals surface area contributed by atoms with Gasteiger partial charge in [0, 0.05) is 17.1 Å². The van der Waals surface area contributed by atoms with Crippen LogP contribution in [0.5, 0.6) is 0 Å². The molecule has 144 valence electrons. The number of allylic oxidation sites excluding steroid dienone is 1. The number of hydrogen-bond acceptors (Lipinski definition) is 5. The van der Waals surface area contributed by atoms with E-state index in [1.54, 1.807) is 18.2 Å². The van der Waals surface area contributed by atoms with E-state index < -0.39 is 0 Å². The van der Waals surface area contributed by atoms with Crippen LogP contribution in [-0.4, -0.2) is 33.1 Å². The fraction of sp³-hybridized carbons (Fsp3) is 0.389. The Hall–Kier alpha value is -1.70. The zero-order valence-corrected chi connectivity index (χ0v) is 17.1. The van der Waals surface area contributed by atoms with Crippen molar-refractivity contribution < 1.29 is 4.79 Å². The quantitative estimate of drug-likeness (QED) is 0.396. The van der Waals surface area contributed by atoms with Crippen LogP contribution in [0.2, 0.25) is 10.0 Å². The Kier molecular flexibility index (Phi) is 7.04. The maximum atomic E-state index is 12.1. The fourth-order valence-electron chi connectivity index (χ4n) is 2.90. The Bertz CT molecular complexity index is 852. The normalized spacial score (nSPS) is 14.1. The highest BCUT2D eigenvalue weighted by atomic mass is 35.5. The van der Waals surface area contributed by atoms with Crippen LogP contribution in [0.4, 0.5) is 0 Å². The molecule has 1 aliphatic rings. The summed E-state index contributed by atoms with van der Waals surface area (Å²) in [7, 11) is 0. The largest absolute Gasteiger partial charge is 0.355 e. The molecular formula is C18H21Cl2N5OS. The van der Waals surface area contributed by atoms with Crippen molar-refractivity contribution in [2.24, 2.45) is 0 Å². The molecule has 1 aliphatic carbocycles. The standard InChI is InChI=1S/C18H21Cl2N5OS/c19-13-6-7-15(20)14(10-13)17-23-24-18(25(17)21)27-11-16(26)22-9-8-12-4-2-1-3-5-12/h4,6-7,10H,1-3,5,8-9,11,21H2,(H,22,26). The minimum atomic E-state index is -0.0539. The highest BCUT2D eigenvalue weighted by Gasteiger charge is 2.16. The Labute approximate surface area is 172 Å². The lowest BCUT2D eigenvalue weighted by Crippen LogP contribution is -2.27. The third kappa shape index (κ3) is 5.40. The zero-order valence-electron chi connectivity index (χ0n) is 14.8. The van der Waals surface area contributed by atoms with Crippen molar-refractivity contribution in [1.29, 1.82) is 0 Å². The number of nitrogens with one attached hydrogen (secondary N) is 1. The Morgan fingerprint density at radius 1 is 1.30 bits per heavy atom. The summed E-state index contributed by atoms with van der Waals surface area (Å²) >= 11 is 13.4. The number of benzene rings is 1. The third-order valence-corrected chi connectivity index (χ3v) is 5.83. The van der Waals surface area contributed by atoms with Gasteiger partial charge in [0.25, 0.3) is 0 Å². The molecule has 0 aliphatic heterocycles. The van der Waals surface area contributed by atoms with Crippen molar-refractivity contribution in [3.8, 4) is 11.4 Å². The highest BCUT2D eigenvalue weighted by Crippen LogP contribution is 2.30. The fourth-order valence-corrected chi connectivity index (χ4v) is 3.96. The van der Waals surface area contributed by atoms with Gasteiger partial charge in [-0.3, -0.25) is 4.79 Å². The van der Waals surface area contributed by atoms with Gasteiger partial charge in [0.1, 0.15) is 0 Å². The maximum Gasteiger partial charge on any atom is 0.230 e. The first kappa shape index (κ1) is 20.0. The summed E-state index contributed by atoms with van der Waals surface area (Å²) in [6.45, 7) is 0.657. The topological polar surface area (TPSA) is 85.8 Å². The summed E-state index contributed by atoms with van der Waals surface area (Å²) in [5.74, 6) is 6.63. The number of thioether (sulfide) groups is 1. The molecule has 2 aromatic rings. The summed E-state index contributed by atoms with van der Waals surface area (Å²) in [5, 5.41) is 12.5. The molecule has 0 bridgehead atoms. The van der Waals surface area contributed by atoms with Crippen LogP contribution in [0, 0.1) is 0 Å². The van der Waals surface area contributed by atoms with E-state index in [-0.39, 0.29) is 11.7 Å². The van der Waals surface area contributed by atoms with E-state index in [9.17, 15) is 4.79 Å². The van der Waals surface area contributed by atoms with E-state index in [2.05, 4.69) is 21.6 Å².